The third-order valence-electron chi connectivity index (χ3n) is 1.44. The van der Waals surface area contributed by atoms with Crippen molar-refractivity contribution in [1.82, 2.24) is 0 Å². The predicted octanol–water partition coefficient (Wildman–Crippen LogP) is 2.30. The second-order valence-corrected chi connectivity index (χ2v) is 4.53. The molecule has 1 aromatic rings. The Morgan fingerprint density at radius 2 is 2.00 bits per heavy atom. The first-order chi connectivity index (χ1) is 5.04. The molecule has 62 valence electrons. The molecule has 0 bridgehead atoms. The summed E-state index contributed by atoms with van der Waals surface area (Å²) in [5, 5.41) is 0.773. The first kappa shape index (κ1) is 8.56. The number of hydrogen-bond donors (Lipinski definition) is 1. The van der Waals surface area contributed by atoms with Gasteiger partial charge in [0, 0.05) is 4.88 Å². The Balaban J connectivity index is 2.89. The minimum absolute atomic E-state index is 0.196. The fourth-order valence-corrected chi connectivity index (χ4v) is 1.63. The van der Waals surface area contributed by atoms with Gasteiger partial charge in [-0.25, -0.2) is 0 Å². The largest absolute Gasteiger partial charge is 0.401 e. The summed E-state index contributed by atoms with van der Waals surface area (Å²) in [5.74, 6) is 5.02. The van der Waals surface area contributed by atoms with Crippen LogP contribution in [-0.4, -0.2) is 0 Å². The van der Waals surface area contributed by atoms with Gasteiger partial charge < -0.3 is 4.84 Å². The van der Waals surface area contributed by atoms with E-state index in [1.54, 1.807) is 11.3 Å². The van der Waals surface area contributed by atoms with Crippen LogP contribution >= 0.6 is 11.3 Å². The predicted molar refractivity (Wildman–Crippen MR) is 47.8 cm³/mol. The molecule has 0 saturated heterocycles. The van der Waals surface area contributed by atoms with Crippen molar-refractivity contribution in [3.63, 3.8) is 0 Å². The van der Waals surface area contributed by atoms with Crippen molar-refractivity contribution >= 4 is 11.3 Å². The SMILES string of the molecule is CC(C)(C)c1ccc(ON)s1. The van der Waals surface area contributed by atoms with Crippen LogP contribution in [0.1, 0.15) is 25.6 Å². The first-order valence-corrected chi connectivity index (χ1v) is 4.33. The molecule has 0 unspecified atom stereocenters. The van der Waals surface area contributed by atoms with Gasteiger partial charge >= 0.3 is 0 Å². The van der Waals surface area contributed by atoms with E-state index >= 15 is 0 Å². The van der Waals surface area contributed by atoms with E-state index in [0.717, 1.165) is 5.06 Å². The fraction of sp³-hybridized carbons (Fsp3) is 0.500. The van der Waals surface area contributed by atoms with Crippen LogP contribution < -0.4 is 10.7 Å². The van der Waals surface area contributed by atoms with Crippen molar-refractivity contribution in [2.24, 2.45) is 5.90 Å². The molecule has 0 spiro atoms. The van der Waals surface area contributed by atoms with E-state index in [2.05, 4.69) is 25.6 Å². The standard InChI is InChI=1S/C8H13NOS/c1-8(2,3)6-4-5-7(10-9)11-6/h4-5H,9H2,1-3H3. The Hall–Kier alpha value is -0.540. The van der Waals surface area contributed by atoms with Crippen LogP contribution in [-0.2, 0) is 5.41 Å². The van der Waals surface area contributed by atoms with E-state index in [0.29, 0.717) is 0 Å². The van der Waals surface area contributed by atoms with E-state index in [-0.39, 0.29) is 5.41 Å². The smallest absolute Gasteiger partial charge is 0.200 e. The van der Waals surface area contributed by atoms with Gasteiger partial charge in [0.05, 0.1) is 0 Å². The molecule has 1 rings (SSSR count). The van der Waals surface area contributed by atoms with Crippen molar-refractivity contribution < 1.29 is 4.84 Å². The molecule has 0 aromatic carbocycles. The summed E-state index contributed by atoms with van der Waals surface area (Å²) in [7, 11) is 0. The molecule has 0 atom stereocenters. The zero-order valence-corrected chi connectivity index (χ0v) is 7.87. The fourth-order valence-electron chi connectivity index (χ4n) is 0.787. The summed E-state index contributed by atoms with van der Waals surface area (Å²) in [4.78, 5) is 5.90. The minimum atomic E-state index is 0.196. The first-order valence-electron chi connectivity index (χ1n) is 3.51. The number of nitrogens with two attached hydrogens (primary N) is 1. The van der Waals surface area contributed by atoms with Gasteiger partial charge in [0.2, 0.25) is 5.06 Å². The molecular formula is C8H13NOS. The second-order valence-electron chi connectivity index (χ2n) is 3.49. The Labute approximate surface area is 70.9 Å². The lowest BCUT2D eigenvalue weighted by atomic mass is 9.95. The van der Waals surface area contributed by atoms with E-state index in [1.807, 2.05) is 12.1 Å². The lowest BCUT2D eigenvalue weighted by molar-refractivity contribution is 0.345. The number of thiophene rings is 1. The van der Waals surface area contributed by atoms with E-state index < -0.39 is 0 Å². The Kier molecular flexibility index (Phi) is 2.20. The third kappa shape index (κ3) is 1.94. The van der Waals surface area contributed by atoms with Crippen LogP contribution in [0.5, 0.6) is 5.06 Å². The summed E-state index contributed by atoms with van der Waals surface area (Å²) >= 11 is 1.59. The van der Waals surface area contributed by atoms with Crippen LogP contribution in [0.15, 0.2) is 12.1 Å². The number of hydrogen-bond acceptors (Lipinski definition) is 3. The quantitative estimate of drug-likeness (QED) is 0.658. The van der Waals surface area contributed by atoms with E-state index in [1.165, 1.54) is 4.88 Å². The molecule has 1 aromatic heterocycles. The average molecular weight is 171 g/mol. The normalized spacial score (nSPS) is 11.6. The van der Waals surface area contributed by atoms with E-state index in [9.17, 15) is 0 Å². The third-order valence-corrected chi connectivity index (χ3v) is 2.84. The van der Waals surface area contributed by atoms with Gasteiger partial charge in [-0.05, 0) is 17.5 Å². The zero-order chi connectivity index (χ0) is 8.48. The highest BCUT2D eigenvalue weighted by molar-refractivity contribution is 7.14. The molecule has 0 aliphatic heterocycles. The Bertz CT molecular complexity index is 236. The molecule has 11 heavy (non-hydrogen) atoms. The summed E-state index contributed by atoms with van der Waals surface area (Å²) in [6.07, 6.45) is 0. The highest BCUT2D eigenvalue weighted by Gasteiger charge is 2.16. The zero-order valence-electron chi connectivity index (χ0n) is 7.05. The minimum Gasteiger partial charge on any atom is -0.401 e. The molecule has 0 aliphatic rings. The molecule has 3 heteroatoms. The molecule has 2 N–H and O–H groups in total. The van der Waals surface area contributed by atoms with Crippen molar-refractivity contribution in [1.29, 1.82) is 0 Å². The molecule has 0 radical (unpaired) electrons. The lowest BCUT2D eigenvalue weighted by Crippen LogP contribution is -2.07. The van der Waals surface area contributed by atoms with Gasteiger partial charge in [0.1, 0.15) is 0 Å². The second kappa shape index (κ2) is 2.83. The summed E-state index contributed by atoms with van der Waals surface area (Å²) < 4.78 is 0. The van der Waals surface area contributed by atoms with Gasteiger partial charge in [-0.3, -0.25) is 0 Å². The topological polar surface area (TPSA) is 35.2 Å². The maximum absolute atomic E-state index is 5.02. The van der Waals surface area contributed by atoms with Crippen LogP contribution in [0.25, 0.3) is 0 Å². The van der Waals surface area contributed by atoms with Gasteiger partial charge in [0.15, 0.2) is 0 Å². The molecule has 0 aliphatic carbocycles. The van der Waals surface area contributed by atoms with Gasteiger partial charge in [-0.2, -0.15) is 5.90 Å². The van der Waals surface area contributed by atoms with Gasteiger partial charge in [-0.15, -0.1) is 11.3 Å². The van der Waals surface area contributed by atoms with Crippen molar-refractivity contribution in [2.75, 3.05) is 0 Å². The van der Waals surface area contributed by atoms with Crippen LogP contribution in [0.4, 0.5) is 0 Å². The monoisotopic (exact) mass is 171 g/mol. The van der Waals surface area contributed by atoms with Gasteiger partial charge in [-0.1, -0.05) is 20.8 Å². The van der Waals surface area contributed by atoms with E-state index in [4.69, 9.17) is 5.90 Å². The highest BCUT2D eigenvalue weighted by Crippen LogP contribution is 2.32. The van der Waals surface area contributed by atoms with Crippen molar-refractivity contribution in [3.8, 4) is 5.06 Å². The Morgan fingerprint density at radius 1 is 1.36 bits per heavy atom. The van der Waals surface area contributed by atoms with Crippen LogP contribution in [0, 0.1) is 0 Å². The molecule has 0 saturated carbocycles. The van der Waals surface area contributed by atoms with Crippen LogP contribution in [0.3, 0.4) is 0 Å². The molecular weight excluding hydrogens is 158 g/mol. The molecule has 0 amide bonds. The maximum atomic E-state index is 5.02. The maximum Gasteiger partial charge on any atom is 0.200 e. The lowest BCUT2D eigenvalue weighted by Gasteiger charge is -2.14. The van der Waals surface area contributed by atoms with Gasteiger partial charge in [0.25, 0.3) is 0 Å². The van der Waals surface area contributed by atoms with Crippen LogP contribution in [0.2, 0.25) is 0 Å². The molecule has 2 nitrogen and oxygen atoms in total. The number of rotatable bonds is 1. The molecule has 1 heterocycles. The Morgan fingerprint density at radius 3 is 2.27 bits per heavy atom. The van der Waals surface area contributed by atoms with Crippen molar-refractivity contribution in [2.45, 2.75) is 26.2 Å². The molecule has 0 fully saturated rings. The summed E-state index contributed by atoms with van der Waals surface area (Å²) in [6, 6.07) is 3.94. The average Bonchev–Trinajstić information content (AvgIpc) is 2.32. The highest BCUT2D eigenvalue weighted by atomic mass is 32.1. The van der Waals surface area contributed by atoms with Crippen molar-refractivity contribution in [3.05, 3.63) is 17.0 Å². The summed E-state index contributed by atoms with van der Waals surface area (Å²) in [6.45, 7) is 6.50. The summed E-state index contributed by atoms with van der Waals surface area (Å²) in [5.41, 5.74) is 0.196.